The highest BCUT2D eigenvalue weighted by Crippen LogP contribution is 2.40. The first-order valence-corrected chi connectivity index (χ1v) is 9.89. The number of aryl methyl sites for hydroxylation is 2. The molecule has 142 valence electrons. The summed E-state index contributed by atoms with van der Waals surface area (Å²) in [5.74, 6) is -0.0583. The first-order chi connectivity index (χ1) is 12.9. The lowest BCUT2D eigenvalue weighted by Gasteiger charge is -2.35. The van der Waals surface area contributed by atoms with Crippen molar-refractivity contribution in [1.82, 2.24) is 4.90 Å². The Bertz CT molecular complexity index is 818. The zero-order valence-corrected chi connectivity index (χ0v) is 16.3. The van der Waals surface area contributed by atoms with Crippen LogP contribution in [0.3, 0.4) is 0 Å². The Kier molecular flexibility index (Phi) is 4.90. The molecule has 3 atom stereocenters. The van der Waals surface area contributed by atoms with Gasteiger partial charge in [-0.3, -0.25) is 0 Å². The molecular formula is C24H27F2N. The molecule has 2 aliphatic heterocycles. The predicted octanol–water partition coefficient (Wildman–Crippen LogP) is 5.89. The fraction of sp³-hybridized carbons (Fsp3) is 0.417. The van der Waals surface area contributed by atoms with Crippen molar-refractivity contribution in [2.45, 2.75) is 51.6 Å². The Morgan fingerprint density at radius 3 is 1.85 bits per heavy atom. The summed E-state index contributed by atoms with van der Waals surface area (Å²) < 4.78 is 28.1. The molecule has 2 bridgehead atoms. The van der Waals surface area contributed by atoms with Gasteiger partial charge in [-0.1, -0.05) is 18.2 Å². The van der Waals surface area contributed by atoms with Crippen molar-refractivity contribution in [1.29, 1.82) is 0 Å². The van der Waals surface area contributed by atoms with Gasteiger partial charge in [-0.25, -0.2) is 8.78 Å². The van der Waals surface area contributed by atoms with Crippen LogP contribution in [0.15, 0.2) is 42.5 Å². The monoisotopic (exact) mass is 367 g/mol. The molecule has 0 aromatic heterocycles. The van der Waals surface area contributed by atoms with Crippen molar-refractivity contribution in [3.63, 3.8) is 0 Å². The molecule has 0 N–H and O–H groups in total. The molecule has 0 amide bonds. The normalized spacial score (nSPS) is 24.9. The van der Waals surface area contributed by atoms with Crippen molar-refractivity contribution < 1.29 is 8.78 Å². The van der Waals surface area contributed by atoms with Crippen LogP contribution < -0.4 is 0 Å². The van der Waals surface area contributed by atoms with E-state index in [4.69, 9.17) is 0 Å². The fourth-order valence-corrected chi connectivity index (χ4v) is 4.92. The molecule has 2 heterocycles. The van der Waals surface area contributed by atoms with E-state index in [-0.39, 0.29) is 11.6 Å². The van der Waals surface area contributed by atoms with E-state index >= 15 is 0 Å². The van der Waals surface area contributed by atoms with Crippen molar-refractivity contribution in [2.24, 2.45) is 5.92 Å². The van der Waals surface area contributed by atoms with E-state index in [0.29, 0.717) is 18.0 Å². The number of piperidine rings is 1. The number of benzene rings is 2. The van der Waals surface area contributed by atoms with E-state index in [9.17, 15) is 8.78 Å². The summed E-state index contributed by atoms with van der Waals surface area (Å²) in [6.07, 6.45) is 7.07. The molecule has 2 fully saturated rings. The molecular weight excluding hydrogens is 340 g/mol. The van der Waals surface area contributed by atoms with Crippen molar-refractivity contribution in [3.05, 3.63) is 76.4 Å². The molecule has 1 nitrogen and oxygen atoms in total. The molecule has 2 aromatic rings. The quantitative estimate of drug-likeness (QED) is 0.654. The Morgan fingerprint density at radius 2 is 1.37 bits per heavy atom. The SMILES string of the molecule is Cc1ccc(F)cc1C(=CC1C[C@H]2CC[C@@H](C1)N2C)c1cc(F)ccc1C. The molecule has 0 saturated carbocycles. The standard InChI is InChI=1S/C24H27F2N/c1-15-4-6-18(25)13-22(15)24(23-14-19(26)7-5-16(23)2)12-17-10-20-8-9-21(11-17)27(20)3/h4-7,12-14,17,20-21H,8-11H2,1-3H3/t17?,20-,21+. The Balaban J connectivity index is 1.81. The lowest BCUT2D eigenvalue weighted by atomic mass is 9.84. The summed E-state index contributed by atoms with van der Waals surface area (Å²) in [4.78, 5) is 2.52. The molecule has 0 radical (unpaired) electrons. The number of fused-ring (bicyclic) bond motifs is 2. The maximum atomic E-state index is 14.1. The zero-order valence-electron chi connectivity index (χ0n) is 16.3. The number of hydrogen-bond donors (Lipinski definition) is 0. The third-order valence-electron chi connectivity index (χ3n) is 6.52. The maximum absolute atomic E-state index is 14.1. The van der Waals surface area contributed by atoms with E-state index < -0.39 is 0 Å². The van der Waals surface area contributed by atoms with Crippen LogP contribution in [-0.4, -0.2) is 24.0 Å². The minimum Gasteiger partial charge on any atom is -0.300 e. The minimum absolute atomic E-state index is 0.251. The van der Waals surface area contributed by atoms with Crippen LogP contribution in [0.1, 0.15) is 47.9 Å². The molecule has 1 unspecified atom stereocenters. The van der Waals surface area contributed by atoms with Crippen LogP contribution in [0.2, 0.25) is 0 Å². The van der Waals surface area contributed by atoms with Gasteiger partial charge in [0, 0.05) is 12.1 Å². The first kappa shape index (κ1) is 18.4. The van der Waals surface area contributed by atoms with Crippen LogP contribution in [0.4, 0.5) is 8.78 Å². The number of allylic oxidation sites excluding steroid dienone is 1. The van der Waals surface area contributed by atoms with Crippen molar-refractivity contribution >= 4 is 5.57 Å². The van der Waals surface area contributed by atoms with E-state index in [1.54, 1.807) is 12.1 Å². The molecule has 27 heavy (non-hydrogen) atoms. The van der Waals surface area contributed by atoms with Gasteiger partial charge in [0.1, 0.15) is 11.6 Å². The third kappa shape index (κ3) is 3.58. The second kappa shape index (κ2) is 7.20. The van der Waals surface area contributed by atoms with Gasteiger partial charge in [0.25, 0.3) is 0 Å². The molecule has 2 saturated heterocycles. The fourth-order valence-electron chi connectivity index (χ4n) is 4.92. The molecule has 0 spiro atoms. The molecule has 2 aromatic carbocycles. The summed E-state index contributed by atoms with van der Waals surface area (Å²) in [7, 11) is 2.23. The van der Waals surface area contributed by atoms with E-state index in [0.717, 1.165) is 40.7 Å². The average molecular weight is 367 g/mol. The summed E-state index contributed by atoms with van der Waals surface area (Å²) in [5.41, 5.74) is 4.74. The van der Waals surface area contributed by atoms with Crippen molar-refractivity contribution in [2.75, 3.05) is 7.05 Å². The van der Waals surface area contributed by atoms with Gasteiger partial charge in [-0.15, -0.1) is 0 Å². The van der Waals surface area contributed by atoms with Crippen LogP contribution in [0.5, 0.6) is 0 Å². The highest BCUT2D eigenvalue weighted by Gasteiger charge is 2.37. The molecule has 0 aliphatic carbocycles. The highest BCUT2D eigenvalue weighted by molar-refractivity contribution is 5.83. The van der Waals surface area contributed by atoms with E-state index in [1.165, 1.54) is 25.0 Å². The number of rotatable bonds is 3. The van der Waals surface area contributed by atoms with Gasteiger partial charge >= 0.3 is 0 Å². The topological polar surface area (TPSA) is 3.24 Å². The number of nitrogens with zero attached hydrogens (tertiary/aromatic N) is 1. The first-order valence-electron chi connectivity index (χ1n) is 9.89. The zero-order chi connectivity index (χ0) is 19.1. The Labute approximate surface area is 160 Å². The Morgan fingerprint density at radius 1 is 0.889 bits per heavy atom. The second-order valence-corrected chi connectivity index (χ2v) is 8.28. The smallest absolute Gasteiger partial charge is 0.123 e. The average Bonchev–Trinajstić information content (AvgIpc) is 2.85. The van der Waals surface area contributed by atoms with Crippen LogP contribution >= 0.6 is 0 Å². The molecule has 4 rings (SSSR count). The van der Waals surface area contributed by atoms with Gasteiger partial charge in [-0.05, 0) is 105 Å². The van der Waals surface area contributed by atoms with Gasteiger partial charge in [0.2, 0.25) is 0 Å². The van der Waals surface area contributed by atoms with Gasteiger partial charge in [0.05, 0.1) is 0 Å². The Hall–Kier alpha value is -2.00. The van der Waals surface area contributed by atoms with Gasteiger partial charge in [-0.2, -0.15) is 0 Å². The summed E-state index contributed by atoms with van der Waals surface area (Å²) in [6.45, 7) is 3.99. The predicted molar refractivity (Wildman–Crippen MR) is 107 cm³/mol. The number of halogens is 2. The van der Waals surface area contributed by atoms with Gasteiger partial charge < -0.3 is 4.90 Å². The summed E-state index contributed by atoms with van der Waals surface area (Å²) in [6, 6.07) is 11.1. The summed E-state index contributed by atoms with van der Waals surface area (Å²) in [5, 5.41) is 0. The summed E-state index contributed by atoms with van der Waals surface area (Å²) >= 11 is 0. The lowest BCUT2D eigenvalue weighted by Crippen LogP contribution is -2.39. The highest BCUT2D eigenvalue weighted by atomic mass is 19.1. The molecule has 3 heteroatoms. The second-order valence-electron chi connectivity index (χ2n) is 8.28. The van der Waals surface area contributed by atoms with Crippen LogP contribution in [0.25, 0.3) is 5.57 Å². The van der Waals surface area contributed by atoms with Crippen LogP contribution in [-0.2, 0) is 0 Å². The maximum Gasteiger partial charge on any atom is 0.123 e. The van der Waals surface area contributed by atoms with Crippen molar-refractivity contribution in [3.8, 4) is 0 Å². The third-order valence-corrected chi connectivity index (χ3v) is 6.52. The lowest BCUT2D eigenvalue weighted by molar-refractivity contribution is 0.152. The number of hydrogen-bond acceptors (Lipinski definition) is 1. The minimum atomic E-state index is -0.251. The van der Waals surface area contributed by atoms with E-state index in [1.807, 2.05) is 26.0 Å². The largest absolute Gasteiger partial charge is 0.300 e. The molecule has 2 aliphatic rings. The van der Waals surface area contributed by atoms with Gasteiger partial charge in [0.15, 0.2) is 0 Å². The van der Waals surface area contributed by atoms with E-state index in [2.05, 4.69) is 18.0 Å². The van der Waals surface area contributed by atoms with Crippen LogP contribution in [0, 0.1) is 31.4 Å².